The second-order valence-electron chi connectivity index (χ2n) is 4.35. The molecule has 1 heterocycles. The molecular formula is C16H19N. The van der Waals surface area contributed by atoms with Crippen LogP contribution in [0.3, 0.4) is 0 Å². The molecule has 0 N–H and O–H groups in total. The van der Waals surface area contributed by atoms with Crippen molar-refractivity contribution in [3.8, 4) is 11.3 Å². The second-order valence-corrected chi connectivity index (χ2v) is 4.35. The average Bonchev–Trinajstić information content (AvgIpc) is 2.40. The molecule has 0 aliphatic rings. The lowest BCUT2D eigenvalue weighted by molar-refractivity contribution is 0.922. The van der Waals surface area contributed by atoms with Gasteiger partial charge in [0.05, 0.1) is 5.69 Å². The third-order valence-corrected chi connectivity index (χ3v) is 3.02. The number of hydrogen-bond acceptors (Lipinski definition) is 1. The molecule has 1 nitrogen and oxygen atoms in total. The van der Waals surface area contributed by atoms with E-state index in [2.05, 4.69) is 55.2 Å². The van der Waals surface area contributed by atoms with Crippen LogP contribution in [0.15, 0.2) is 42.6 Å². The Kier molecular flexibility index (Phi) is 3.92. The predicted molar refractivity (Wildman–Crippen MR) is 73.0 cm³/mol. The Morgan fingerprint density at radius 2 is 1.59 bits per heavy atom. The van der Waals surface area contributed by atoms with E-state index in [1.807, 2.05) is 6.20 Å². The van der Waals surface area contributed by atoms with Gasteiger partial charge in [0.25, 0.3) is 0 Å². The molecule has 2 aromatic rings. The number of rotatable bonds is 4. The first-order chi connectivity index (χ1) is 8.33. The summed E-state index contributed by atoms with van der Waals surface area (Å²) in [7, 11) is 0. The Hall–Kier alpha value is -1.63. The van der Waals surface area contributed by atoms with Gasteiger partial charge in [-0.2, -0.15) is 0 Å². The SMILES string of the molecule is CCCc1ccc(-c2ccc(CC)cn2)cc1. The molecular weight excluding hydrogens is 206 g/mol. The maximum atomic E-state index is 4.50. The van der Waals surface area contributed by atoms with Crippen molar-refractivity contribution in [1.29, 1.82) is 0 Å². The van der Waals surface area contributed by atoms with E-state index in [1.165, 1.54) is 23.1 Å². The van der Waals surface area contributed by atoms with Crippen molar-refractivity contribution in [2.24, 2.45) is 0 Å². The fraction of sp³-hybridized carbons (Fsp3) is 0.312. The van der Waals surface area contributed by atoms with Crippen LogP contribution in [-0.2, 0) is 12.8 Å². The van der Waals surface area contributed by atoms with Gasteiger partial charge in [0.15, 0.2) is 0 Å². The van der Waals surface area contributed by atoms with Crippen LogP contribution >= 0.6 is 0 Å². The summed E-state index contributed by atoms with van der Waals surface area (Å²) in [5.41, 5.74) is 4.95. The first kappa shape index (κ1) is 11.8. The van der Waals surface area contributed by atoms with E-state index in [1.54, 1.807) is 0 Å². The smallest absolute Gasteiger partial charge is 0.0702 e. The van der Waals surface area contributed by atoms with Crippen LogP contribution in [0.5, 0.6) is 0 Å². The van der Waals surface area contributed by atoms with Crippen LogP contribution < -0.4 is 0 Å². The van der Waals surface area contributed by atoms with Crippen LogP contribution in [0.1, 0.15) is 31.4 Å². The molecule has 2 rings (SSSR count). The van der Waals surface area contributed by atoms with E-state index in [0.29, 0.717) is 0 Å². The molecule has 1 aromatic carbocycles. The molecule has 0 unspecified atom stereocenters. The summed E-state index contributed by atoms with van der Waals surface area (Å²) >= 11 is 0. The Bertz CT molecular complexity index is 454. The van der Waals surface area contributed by atoms with E-state index in [0.717, 1.165) is 18.5 Å². The van der Waals surface area contributed by atoms with E-state index in [4.69, 9.17) is 0 Å². The molecule has 1 aromatic heterocycles. The highest BCUT2D eigenvalue weighted by atomic mass is 14.7. The van der Waals surface area contributed by atoms with Crippen molar-refractivity contribution in [3.63, 3.8) is 0 Å². The van der Waals surface area contributed by atoms with E-state index >= 15 is 0 Å². The number of aryl methyl sites for hydroxylation is 2. The van der Waals surface area contributed by atoms with Gasteiger partial charge < -0.3 is 0 Å². The van der Waals surface area contributed by atoms with Crippen LogP contribution in [0, 0.1) is 0 Å². The van der Waals surface area contributed by atoms with Gasteiger partial charge in [-0.05, 0) is 30.0 Å². The number of benzene rings is 1. The summed E-state index contributed by atoms with van der Waals surface area (Å²) in [6, 6.07) is 13.0. The maximum absolute atomic E-state index is 4.50. The van der Waals surface area contributed by atoms with Crippen molar-refractivity contribution >= 4 is 0 Å². The van der Waals surface area contributed by atoms with E-state index < -0.39 is 0 Å². The Labute approximate surface area is 104 Å². The van der Waals surface area contributed by atoms with Gasteiger partial charge in [-0.3, -0.25) is 4.98 Å². The standard InChI is InChI=1S/C16H19N/c1-3-5-14-6-9-15(10-7-14)16-11-8-13(4-2)12-17-16/h6-12H,3-5H2,1-2H3. The van der Waals surface area contributed by atoms with Crippen LogP contribution in [0.4, 0.5) is 0 Å². The molecule has 0 aliphatic heterocycles. The zero-order chi connectivity index (χ0) is 12.1. The van der Waals surface area contributed by atoms with Gasteiger partial charge >= 0.3 is 0 Å². The summed E-state index contributed by atoms with van der Waals surface area (Å²) in [6.07, 6.45) is 5.36. The minimum atomic E-state index is 1.04. The molecule has 0 atom stereocenters. The lowest BCUT2D eigenvalue weighted by atomic mass is 10.1. The molecule has 0 saturated heterocycles. The molecule has 17 heavy (non-hydrogen) atoms. The summed E-state index contributed by atoms with van der Waals surface area (Å²) in [5.74, 6) is 0. The van der Waals surface area contributed by atoms with Gasteiger partial charge in [0.1, 0.15) is 0 Å². The van der Waals surface area contributed by atoms with Crippen molar-refractivity contribution in [1.82, 2.24) is 4.98 Å². The third kappa shape index (κ3) is 2.94. The predicted octanol–water partition coefficient (Wildman–Crippen LogP) is 4.26. The Balaban J connectivity index is 2.20. The van der Waals surface area contributed by atoms with Crippen molar-refractivity contribution in [2.45, 2.75) is 33.1 Å². The first-order valence-corrected chi connectivity index (χ1v) is 6.37. The largest absolute Gasteiger partial charge is 0.256 e. The Morgan fingerprint density at radius 3 is 2.12 bits per heavy atom. The van der Waals surface area contributed by atoms with Crippen molar-refractivity contribution in [3.05, 3.63) is 53.7 Å². The molecule has 0 radical (unpaired) electrons. The molecule has 1 heteroatoms. The maximum Gasteiger partial charge on any atom is 0.0702 e. The second kappa shape index (κ2) is 5.62. The molecule has 0 aliphatic carbocycles. The number of aromatic nitrogens is 1. The normalized spacial score (nSPS) is 10.5. The number of nitrogens with zero attached hydrogens (tertiary/aromatic N) is 1. The summed E-state index contributed by atoms with van der Waals surface area (Å²) < 4.78 is 0. The van der Waals surface area contributed by atoms with Gasteiger partial charge in [0.2, 0.25) is 0 Å². The number of pyridine rings is 1. The fourth-order valence-electron chi connectivity index (χ4n) is 1.94. The Morgan fingerprint density at radius 1 is 0.882 bits per heavy atom. The highest BCUT2D eigenvalue weighted by Crippen LogP contribution is 2.18. The van der Waals surface area contributed by atoms with Crippen molar-refractivity contribution in [2.75, 3.05) is 0 Å². The van der Waals surface area contributed by atoms with Gasteiger partial charge in [0, 0.05) is 11.8 Å². The van der Waals surface area contributed by atoms with E-state index in [-0.39, 0.29) is 0 Å². The monoisotopic (exact) mass is 225 g/mol. The van der Waals surface area contributed by atoms with Gasteiger partial charge in [-0.25, -0.2) is 0 Å². The van der Waals surface area contributed by atoms with Crippen LogP contribution in [-0.4, -0.2) is 4.98 Å². The lowest BCUT2D eigenvalue weighted by Crippen LogP contribution is -1.88. The fourth-order valence-corrected chi connectivity index (χ4v) is 1.94. The molecule has 0 bridgehead atoms. The van der Waals surface area contributed by atoms with Gasteiger partial charge in [-0.1, -0.05) is 50.6 Å². The summed E-state index contributed by atoms with van der Waals surface area (Å²) in [4.78, 5) is 4.50. The highest BCUT2D eigenvalue weighted by molar-refractivity contribution is 5.59. The van der Waals surface area contributed by atoms with Gasteiger partial charge in [-0.15, -0.1) is 0 Å². The highest BCUT2D eigenvalue weighted by Gasteiger charge is 1.99. The molecule has 0 amide bonds. The van der Waals surface area contributed by atoms with Crippen LogP contribution in [0.2, 0.25) is 0 Å². The molecule has 0 saturated carbocycles. The molecule has 88 valence electrons. The zero-order valence-corrected chi connectivity index (χ0v) is 10.6. The molecule has 0 fully saturated rings. The molecule has 0 spiro atoms. The zero-order valence-electron chi connectivity index (χ0n) is 10.6. The van der Waals surface area contributed by atoms with E-state index in [9.17, 15) is 0 Å². The lowest BCUT2D eigenvalue weighted by Gasteiger charge is -2.04. The van der Waals surface area contributed by atoms with Crippen molar-refractivity contribution < 1.29 is 0 Å². The number of hydrogen-bond donors (Lipinski definition) is 0. The first-order valence-electron chi connectivity index (χ1n) is 6.37. The average molecular weight is 225 g/mol. The third-order valence-electron chi connectivity index (χ3n) is 3.02. The van der Waals surface area contributed by atoms with Crippen LogP contribution in [0.25, 0.3) is 11.3 Å². The summed E-state index contributed by atoms with van der Waals surface area (Å²) in [5, 5.41) is 0. The minimum Gasteiger partial charge on any atom is -0.256 e. The minimum absolute atomic E-state index is 1.04. The summed E-state index contributed by atoms with van der Waals surface area (Å²) in [6.45, 7) is 4.36. The quantitative estimate of drug-likeness (QED) is 0.757. The topological polar surface area (TPSA) is 12.9 Å².